The van der Waals surface area contributed by atoms with Gasteiger partial charge < -0.3 is 9.88 Å². The van der Waals surface area contributed by atoms with Gasteiger partial charge in [0.25, 0.3) is 5.56 Å². The molecule has 0 unspecified atom stereocenters. The lowest BCUT2D eigenvalue weighted by atomic mass is 10.0. The van der Waals surface area contributed by atoms with Crippen molar-refractivity contribution in [1.29, 1.82) is 0 Å². The topological polar surface area (TPSA) is 75.2 Å². The number of hydrogen-bond donors (Lipinski definition) is 1. The fourth-order valence-electron chi connectivity index (χ4n) is 3.83. The molecule has 2 heterocycles. The molecule has 156 valence electrons. The molecule has 1 aliphatic rings. The number of likely N-dealkylation sites (tertiary alicyclic amines) is 1. The molecule has 0 atom stereocenters. The minimum Gasteiger partial charge on any atom is -0.342 e. The van der Waals surface area contributed by atoms with Gasteiger partial charge in [-0.3, -0.25) is 14.2 Å². The van der Waals surface area contributed by atoms with Crippen molar-refractivity contribution in [3.63, 3.8) is 0 Å². The molecular formula is C22H22FN3O3S. The summed E-state index contributed by atoms with van der Waals surface area (Å²) < 4.78 is 14.7. The Morgan fingerprint density at radius 3 is 2.57 bits per heavy atom. The molecule has 6 nitrogen and oxygen atoms in total. The first-order valence-electron chi connectivity index (χ1n) is 9.86. The van der Waals surface area contributed by atoms with Crippen LogP contribution in [0.2, 0.25) is 0 Å². The number of nitrogens with one attached hydrogen (secondary N) is 1. The molecule has 0 spiro atoms. The normalized spacial score (nSPS) is 14.9. The van der Waals surface area contributed by atoms with E-state index in [2.05, 4.69) is 4.98 Å². The molecule has 0 aliphatic carbocycles. The van der Waals surface area contributed by atoms with E-state index in [9.17, 15) is 18.8 Å². The van der Waals surface area contributed by atoms with E-state index in [0.29, 0.717) is 37.2 Å². The third-order valence-corrected chi connectivity index (χ3v) is 6.40. The van der Waals surface area contributed by atoms with E-state index in [1.165, 1.54) is 22.3 Å². The highest BCUT2D eigenvalue weighted by Crippen LogP contribution is 2.22. The van der Waals surface area contributed by atoms with Crippen molar-refractivity contribution in [2.24, 2.45) is 0 Å². The van der Waals surface area contributed by atoms with Crippen LogP contribution >= 0.6 is 11.8 Å². The molecule has 1 saturated heterocycles. The first kappa shape index (κ1) is 20.4. The summed E-state index contributed by atoms with van der Waals surface area (Å²) in [6.45, 7) is 0.977. The molecule has 2 aromatic carbocycles. The van der Waals surface area contributed by atoms with Crippen molar-refractivity contribution in [2.45, 2.75) is 24.6 Å². The molecule has 0 radical (unpaired) electrons. The van der Waals surface area contributed by atoms with Gasteiger partial charge in [-0.25, -0.2) is 9.18 Å². The van der Waals surface area contributed by atoms with Gasteiger partial charge >= 0.3 is 5.69 Å². The van der Waals surface area contributed by atoms with E-state index in [1.54, 1.807) is 16.7 Å². The lowest BCUT2D eigenvalue weighted by Crippen LogP contribution is -2.45. The van der Waals surface area contributed by atoms with Crippen molar-refractivity contribution >= 4 is 28.6 Å². The second kappa shape index (κ2) is 8.87. The monoisotopic (exact) mass is 427 g/mol. The van der Waals surface area contributed by atoms with Crippen LogP contribution in [-0.2, 0) is 10.5 Å². The Hall–Kier alpha value is -2.87. The lowest BCUT2D eigenvalue weighted by molar-refractivity contribution is -0.129. The number of rotatable bonds is 5. The highest BCUT2D eigenvalue weighted by Gasteiger charge is 2.26. The van der Waals surface area contributed by atoms with Crippen molar-refractivity contribution in [2.75, 3.05) is 18.8 Å². The van der Waals surface area contributed by atoms with Crippen LogP contribution in [-0.4, -0.2) is 39.2 Å². The molecule has 30 heavy (non-hydrogen) atoms. The third-order valence-electron chi connectivity index (χ3n) is 5.41. The fourth-order valence-corrected chi connectivity index (χ4v) is 4.71. The summed E-state index contributed by atoms with van der Waals surface area (Å²) in [7, 11) is 0. The van der Waals surface area contributed by atoms with Gasteiger partial charge in [-0.05, 0) is 36.6 Å². The van der Waals surface area contributed by atoms with Gasteiger partial charge in [0.2, 0.25) is 5.91 Å². The third kappa shape index (κ3) is 4.33. The summed E-state index contributed by atoms with van der Waals surface area (Å²) >= 11 is 1.58. The molecular weight excluding hydrogens is 405 g/mol. The number of aromatic amines is 1. The van der Waals surface area contributed by atoms with E-state index in [0.717, 1.165) is 11.8 Å². The van der Waals surface area contributed by atoms with Gasteiger partial charge in [-0.15, -0.1) is 11.8 Å². The predicted octanol–water partition coefficient (Wildman–Crippen LogP) is 2.93. The quantitative estimate of drug-likeness (QED) is 0.679. The SMILES string of the molecule is O=C(CSCc1ccccc1)N1CCC(n2c(=O)[nH]c3ccc(F)cc3c2=O)CC1. The molecule has 8 heteroatoms. The van der Waals surface area contributed by atoms with Crippen LogP contribution in [0, 0.1) is 5.82 Å². The second-order valence-electron chi connectivity index (χ2n) is 7.39. The number of carbonyl (C=O) groups excluding carboxylic acids is 1. The van der Waals surface area contributed by atoms with Gasteiger partial charge in [-0.2, -0.15) is 0 Å². The van der Waals surface area contributed by atoms with E-state index in [4.69, 9.17) is 0 Å². The number of piperidine rings is 1. The van der Waals surface area contributed by atoms with Gasteiger partial charge in [0.05, 0.1) is 16.7 Å². The summed E-state index contributed by atoms with van der Waals surface area (Å²) in [6, 6.07) is 13.4. The van der Waals surface area contributed by atoms with E-state index in [1.807, 2.05) is 30.3 Å². The number of halogens is 1. The van der Waals surface area contributed by atoms with Crippen LogP contribution in [0.4, 0.5) is 4.39 Å². The first-order chi connectivity index (χ1) is 14.5. The Kier molecular flexibility index (Phi) is 6.03. The number of benzene rings is 2. The van der Waals surface area contributed by atoms with Gasteiger partial charge in [0.1, 0.15) is 5.82 Å². The van der Waals surface area contributed by atoms with Gasteiger partial charge in [-0.1, -0.05) is 30.3 Å². The predicted molar refractivity (Wildman–Crippen MR) is 116 cm³/mol. The Bertz CT molecular complexity index is 1170. The van der Waals surface area contributed by atoms with Crippen molar-refractivity contribution in [1.82, 2.24) is 14.5 Å². The highest BCUT2D eigenvalue weighted by molar-refractivity contribution is 7.99. The number of amides is 1. The van der Waals surface area contributed by atoms with Crippen LogP contribution in [0.1, 0.15) is 24.4 Å². The van der Waals surface area contributed by atoms with E-state index in [-0.39, 0.29) is 17.3 Å². The summed E-state index contributed by atoms with van der Waals surface area (Å²) in [5.74, 6) is 0.722. The molecule has 1 N–H and O–H groups in total. The lowest BCUT2D eigenvalue weighted by Gasteiger charge is -2.32. The minimum absolute atomic E-state index is 0.0659. The Morgan fingerprint density at radius 2 is 1.83 bits per heavy atom. The van der Waals surface area contributed by atoms with E-state index < -0.39 is 17.1 Å². The molecule has 4 rings (SSSR count). The number of hydrogen-bond acceptors (Lipinski definition) is 4. The molecule has 3 aromatic rings. The van der Waals surface area contributed by atoms with Crippen LogP contribution in [0.15, 0.2) is 58.1 Å². The summed E-state index contributed by atoms with van der Waals surface area (Å²) in [4.78, 5) is 42.2. The van der Waals surface area contributed by atoms with Crippen LogP contribution < -0.4 is 11.2 Å². The zero-order chi connectivity index (χ0) is 21.1. The zero-order valence-corrected chi connectivity index (χ0v) is 17.2. The van der Waals surface area contributed by atoms with Crippen LogP contribution in [0.25, 0.3) is 10.9 Å². The molecule has 0 bridgehead atoms. The standard InChI is InChI=1S/C22H22FN3O3S/c23-16-6-7-19-18(12-16)21(28)26(22(29)24-19)17-8-10-25(11-9-17)20(27)14-30-13-15-4-2-1-3-5-15/h1-7,12,17H,8-11,13-14H2,(H,24,29). The van der Waals surface area contributed by atoms with Crippen molar-refractivity contribution in [3.05, 3.63) is 80.7 Å². The number of carbonyl (C=O) groups is 1. The summed E-state index contributed by atoms with van der Waals surface area (Å²) in [5, 5.41) is 0.158. The molecule has 1 aliphatic heterocycles. The summed E-state index contributed by atoms with van der Waals surface area (Å²) in [5.41, 5.74) is 0.518. The molecule has 1 fully saturated rings. The minimum atomic E-state index is -0.522. The zero-order valence-electron chi connectivity index (χ0n) is 16.3. The fraction of sp³-hybridized carbons (Fsp3) is 0.318. The average molecular weight is 428 g/mol. The van der Waals surface area contributed by atoms with Gasteiger partial charge in [0, 0.05) is 24.9 Å². The molecule has 1 amide bonds. The molecule has 1 aromatic heterocycles. The number of nitrogens with zero attached hydrogens (tertiary/aromatic N) is 2. The van der Waals surface area contributed by atoms with E-state index >= 15 is 0 Å². The number of fused-ring (bicyclic) bond motifs is 1. The smallest absolute Gasteiger partial charge is 0.329 e. The maximum Gasteiger partial charge on any atom is 0.329 e. The second-order valence-corrected chi connectivity index (χ2v) is 8.37. The van der Waals surface area contributed by atoms with Crippen molar-refractivity contribution < 1.29 is 9.18 Å². The Labute approximate surface area is 176 Å². The van der Waals surface area contributed by atoms with Crippen LogP contribution in [0.5, 0.6) is 0 Å². The molecule has 0 saturated carbocycles. The average Bonchev–Trinajstić information content (AvgIpc) is 2.75. The highest BCUT2D eigenvalue weighted by atomic mass is 32.2. The number of H-pyrrole nitrogens is 1. The van der Waals surface area contributed by atoms with Crippen LogP contribution in [0.3, 0.4) is 0 Å². The maximum absolute atomic E-state index is 13.6. The Morgan fingerprint density at radius 1 is 1.10 bits per heavy atom. The van der Waals surface area contributed by atoms with Crippen molar-refractivity contribution in [3.8, 4) is 0 Å². The number of aromatic nitrogens is 2. The Balaban J connectivity index is 1.39. The largest absolute Gasteiger partial charge is 0.342 e. The summed E-state index contributed by atoms with van der Waals surface area (Å²) in [6.07, 6.45) is 1.03. The number of thioether (sulfide) groups is 1. The maximum atomic E-state index is 13.6. The van der Waals surface area contributed by atoms with Gasteiger partial charge in [0.15, 0.2) is 0 Å². The first-order valence-corrected chi connectivity index (χ1v) is 11.0.